The zero-order chi connectivity index (χ0) is 14.5. The quantitative estimate of drug-likeness (QED) is 0.488. The lowest BCUT2D eigenvalue weighted by Gasteiger charge is -2.16. The van der Waals surface area contributed by atoms with Gasteiger partial charge in [-0.1, -0.05) is 10.8 Å². The van der Waals surface area contributed by atoms with Crippen LogP contribution in [0.25, 0.3) is 0 Å². The van der Waals surface area contributed by atoms with Gasteiger partial charge < -0.3 is 5.11 Å². The molecule has 1 fully saturated rings. The predicted molar refractivity (Wildman–Crippen MR) is 76.5 cm³/mol. The van der Waals surface area contributed by atoms with Crippen LogP contribution in [0.15, 0.2) is 23.4 Å². The van der Waals surface area contributed by atoms with E-state index in [4.69, 9.17) is 5.11 Å². The van der Waals surface area contributed by atoms with E-state index in [1.54, 1.807) is 18.3 Å². The highest BCUT2D eigenvalue weighted by Crippen LogP contribution is 2.37. The predicted octanol–water partition coefficient (Wildman–Crippen LogP) is 1.95. The van der Waals surface area contributed by atoms with Crippen molar-refractivity contribution in [1.29, 1.82) is 0 Å². The molecule has 6 nitrogen and oxygen atoms in total. The van der Waals surface area contributed by atoms with Gasteiger partial charge in [0.15, 0.2) is 0 Å². The van der Waals surface area contributed by atoms with E-state index in [2.05, 4.69) is 4.98 Å². The van der Waals surface area contributed by atoms with Gasteiger partial charge in [0.25, 0.3) is 0 Å². The van der Waals surface area contributed by atoms with Crippen molar-refractivity contribution in [3.8, 4) is 0 Å². The Balaban J connectivity index is 2.08. The van der Waals surface area contributed by atoms with Gasteiger partial charge in [-0.15, -0.1) is 0 Å². The third-order valence-corrected chi connectivity index (χ3v) is 4.87. The Morgan fingerprint density at radius 2 is 2.05 bits per heavy atom. The number of aromatic nitrogens is 1. The number of imide groups is 1. The van der Waals surface area contributed by atoms with Gasteiger partial charge in [-0.3, -0.25) is 14.4 Å². The zero-order valence-electron chi connectivity index (χ0n) is 10.4. The number of anilines is 1. The summed E-state index contributed by atoms with van der Waals surface area (Å²) in [6, 6.07) is 3.34. The molecule has 2 amide bonds. The van der Waals surface area contributed by atoms with Crippen LogP contribution in [-0.4, -0.2) is 33.6 Å². The number of aliphatic carboxylic acids is 1. The zero-order valence-corrected chi connectivity index (χ0v) is 12.1. The molecule has 0 unspecified atom stereocenters. The van der Waals surface area contributed by atoms with Crippen LogP contribution in [0.1, 0.15) is 19.3 Å². The Kier molecular flexibility index (Phi) is 5.02. The first kappa shape index (κ1) is 14.9. The van der Waals surface area contributed by atoms with Crippen LogP contribution in [0.3, 0.4) is 0 Å². The second-order valence-corrected chi connectivity index (χ2v) is 6.40. The summed E-state index contributed by atoms with van der Waals surface area (Å²) in [5.74, 6) is -0.872. The molecule has 1 aliphatic rings. The second kappa shape index (κ2) is 6.76. The van der Waals surface area contributed by atoms with Crippen LogP contribution in [-0.2, 0) is 14.4 Å². The summed E-state index contributed by atoms with van der Waals surface area (Å²) in [6.45, 7) is 0. The molecule has 1 N–H and O–H groups in total. The van der Waals surface area contributed by atoms with E-state index < -0.39 is 5.97 Å². The first-order valence-electron chi connectivity index (χ1n) is 5.91. The molecule has 8 heteroatoms. The normalized spacial score (nSPS) is 14.9. The molecule has 1 aromatic rings. The molecular weight excluding hydrogens is 300 g/mol. The fourth-order valence-electron chi connectivity index (χ4n) is 1.69. The Hall–Kier alpha value is -1.54. The number of carbonyl (C=O) groups is 3. The number of nitrogens with zero attached hydrogens (tertiary/aromatic N) is 2. The number of amides is 2. The molecule has 0 spiro atoms. The van der Waals surface area contributed by atoms with Crippen molar-refractivity contribution >= 4 is 45.1 Å². The van der Waals surface area contributed by atoms with Gasteiger partial charge >= 0.3 is 5.97 Å². The number of hydrogen-bond donors (Lipinski definition) is 1. The highest BCUT2D eigenvalue weighted by molar-refractivity contribution is 8.76. The minimum Gasteiger partial charge on any atom is -0.481 e. The third-order valence-electron chi connectivity index (χ3n) is 2.58. The van der Waals surface area contributed by atoms with Gasteiger partial charge in [0.2, 0.25) is 11.8 Å². The summed E-state index contributed by atoms with van der Waals surface area (Å²) < 4.78 is 0. The van der Waals surface area contributed by atoms with E-state index in [1.165, 1.54) is 21.6 Å². The molecule has 0 aromatic carbocycles. The molecule has 20 heavy (non-hydrogen) atoms. The highest BCUT2D eigenvalue weighted by atomic mass is 33.1. The lowest BCUT2D eigenvalue weighted by atomic mass is 10.4. The monoisotopic (exact) mass is 312 g/mol. The van der Waals surface area contributed by atoms with Crippen LogP contribution in [0.2, 0.25) is 0 Å². The topological polar surface area (TPSA) is 87.6 Å². The maximum atomic E-state index is 11.7. The van der Waals surface area contributed by atoms with Gasteiger partial charge in [-0.2, -0.15) is 0 Å². The fraction of sp³-hybridized carbons (Fsp3) is 0.333. The molecular formula is C12H12N2O4S2. The number of rotatable bonds is 6. The van der Waals surface area contributed by atoms with E-state index in [9.17, 15) is 14.4 Å². The minimum absolute atomic E-state index is 0.0570. The highest BCUT2D eigenvalue weighted by Gasteiger charge is 2.32. The Labute approximate surface area is 123 Å². The summed E-state index contributed by atoms with van der Waals surface area (Å²) in [7, 11) is 2.61. The van der Waals surface area contributed by atoms with Gasteiger partial charge in [-0.25, -0.2) is 9.88 Å². The van der Waals surface area contributed by atoms with Crippen molar-refractivity contribution < 1.29 is 19.5 Å². The lowest BCUT2D eigenvalue weighted by Crippen LogP contribution is -2.29. The third kappa shape index (κ3) is 3.51. The smallest absolute Gasteiger partial charge is 0.304 e. The van der Waals surface area contributed by atoms with Crippen LogP contribution < -0.4 is 4.90 Å². The Morgan fingerprint density at radius 3 is 2.70 bits per heavy atom. The number of pyridine rings is 1. The van der Waals surface area contributed by atoms with E-state index >= 15 is 0 Å². The van der Waals surface area contributed by atoms with Crippen molar-refractivity contribution in [1.82, 2.24) is 4.98 Å². The number of carboxylic acid groups (broad SMARTS) is 1. The standard InChI is InChI=1S/C12H12N2O4S2/c15-9-3-4-10(16)14(9)8-2-1-6-13-12(8)20-19-7-5-11(17)18/h1-2,6H,3-5,7H2,(H,17,18). The van der Waals surface area contributed by atoms with Gasteiger partial charge in [0.1, 0.15) is 5.03 Å². The SMILES string of the molecule is O=C(O)CCSSc1ncccc1N1C(=O)CCC1=O. The summed E-state index contributed by atoms with van der Waals surface area (Å²) >= 11 is 0. The summed E-state index contributed by atoms with van der Waals surface area (Å²) in [5.41, 5.74) is 0.479. The summed E-state index contributed by atoms with van der Waals surface area (Å²) in [5, 5.41) is 9.12. The molecule has 0 bridgehead atoms. The van der Waals surface area contributed by atoms with Gasteiger partial charge in [-0.05, 0) is 22.9 Å². The van der Waals surface area contributed by atoms with Crippen LogP contribution >= 0.6 is 21.6 Å². The number of carbonyl (C=O) groups excluding carboxylic acids is 2. The van der Waals surface area contributed by atoms with E-state index in [0.717, 1.165) is 4.90 Å². The largest absolute Gasteiger partial charge is 0.481 e. The van der Waals surface area contributed by atoms with Crippen LogP contribution in [0, 0.1) is 0 Å². The number of carboxylic acids is 1. The lowest BCUT2D eigenvalue weighted by molar-refractivity contribution is -0.136. The van der Waals surface area contributed by atoms with Crippen LogP contribution in [0.5, 0.6) is 0 Å². The van der Waals surface area contributed by atoms with Crippen molar-refractivity contribution in [2.45, 2.75) is 24.3 Å². The first-order chi connectivity index (χ1) is 9.59. The maximum Gasteiger partial charge on any atom is 0.304 e. The van der Waals surface area contributed by atoms with Crippen molar-refractivity contribution in [3.05, 3.63) is 18.3 Å². The Morgan fingerprint density at radius 1 is 1.35 bits per heavy atom. The molecule has 0 radical (unpaired) electrons. The molecule has 1 aliphatic heterocycles. The van der Waals surface area contributed by atoms with Gasteiger partial charge in [0.05, 0.1) is 12.1 Å². The minimum atomic E-state index is -0.857. The van der Waals surface area contributed by atoms with Crippen molar-refractivity contribution in [2.75, 3.05) is 10.7 Å². The van der Waals surface area contributed by atoms with Gasteiger partial charge in [0, 0.05) is 24.8 Å². The molecule has 1 aromatic heterocycles. The molecule has 0 atom stereocenters. The van der Waals surface area contributed by atoms with Crippen molar-refractivity contribution in [2.24, 2.45) is 0 Å². The molecule has 2 rings (SSSR count). The Bertz CT molecular complexity index is 534. The molecule has 2 heterocycles. The van der Waals surface area contributed by atoms with E-state index in [-0.39, 0.29) is 31.1 Å². The molecule has 0 aliphatic carbocycles. The maximum absolute atomic E-state index is 11.7. The molecule has 106 valence electrons. The van der Waals surface area contributed by atoms with Crippen molar-refractivity contribution in [3.63, 3.8) is 0 Å². The summed E-state index contributed by atoms with van der Waals surface area (Å²) in [4.78, 5) is 39.2. The average Bonchev–Trinajstić information content (AvgIpc) is 2.75. The second-order valence-electron chi connectivity index (χ2n) is 4.00. The van der Waals surface area contributed by atoms with E-state index in [0.29, 0.717) is 16.5 Å². The van der Waals surface area contributed by atoms with Crippen LogP contribution in [0.4, 0.5) is 5.69 Å². The molecule has 1 saturated heterocycles. The van der Waals surface area contributed by atoms with E-state index in [1.807, 2.05) is 0 Å². The molecule has 0 saturated carbocycles. The average molecular weight is 312 g/mol. The fourth-order valence-corrected chi connectivity index (χ4v) is 3.71. The number of hydrogen-bond acceptors (Lipinski definition) is 6. The summed E-state index contributed by atoms with van der Waals surface area (Å²) in [6.07, 6.45) is 2.09. The first-order valence-corrected chi connectivity index (χ1v) is 8.23.